The number of nitrogens with one attached hydrogen (secondary N) is 1. The minimum atomic E-state index is -0.653. The molecule has 6 nitrogen and oxygen atoms in total. The number of rotatable bonds is 5. The zero-order valence-electron chi connectivity index (χ0n) is 13.6. The maximum atomic E-state index is 12.9. The van der Waals surface area contributed by atoms with Crippen LogP contribution in [0.15, 0.2) is 36.4 Å². The highest BCUT2D eigenvalue weighted by atomic mass is 19.1. The van der Waals surface area contributed by atoms with Crippen molar-refractivity contribution in [3.63, 3.8) is 0 Å². The maximum absolute atomic E-state index is 12.9. The molecule has 0 unspecified atom stereocenters. The predicted molar refractivity (Wildman–Crippen MR) is 85.9 cm³/mol. The van der Waals surface area contributed by atoms with Crippen molar-refractivity contribution >= 4 is 11.8 Å². The van der Waals surface area contributed by atoms with Crippen LogP contribution < -0.4 is 5.32 Å². The van der Waals surface area contributed by atoms with Crippen molar-refractivity contribution in [1.82, 2.24) is 10.2 Å². The third-order valence-corrected chi connectivity index (χ3v) is 3.74. The molecule has 1 aliphatic rings. The van der Waals surface area contributed by atoms with E-state index < -0.39 is 30.0 Å². The number of benzene rings is 1. The van der Waals surface area contributed by atoms with Crippen LogP contribution in [-0.2, 0) is 9.53 Å². The Hall–Kier alpha value is -2.25. The van der Waals surface area contributed by atoms with Crippen molar-refractivity contribution in [3.8, 4) is 0 Å². The van der Waals surface area contributed by atoms with E-state index in [1.54, 1.807) is 26.2 Å². The van der Waals surface area contributed by atoms with E-state index in [2.05, 4.69) is 5.32 Å². The number of aliphatic hydroxyl groups is 1. The lowest BCUT2D eigenvalue weighted by molar-refractivity contribution is -0.132. The van der Waals surface area contributed by atoms with Crippen LogP contribution in [0.3, 0.4) is 0 Å². The molecule has 1 aliphatic heterocycles. The van der Waals surface area contributed by atoms with Gasteiger partial charge in [0.2, 0.25) is 5.91 Å². The van der Waals surface area contributed by atoms with Gasteiger partial charge in [0.1, 0.15) is 11.9 Å². The van der Waals surface area contributed by atoms with Gasteiger partial charge in [0.05, 0.1) is 25.2 Å². The number of amides is 2. The van der Waals surface area contributed by atoms with E-state index in [9.17, 15) is 19.1 Å². The minimum Gasteiger partial charge on any atom is -0.394 e. The van der Waals surface area contributed by atoms with Crippen molar-refractivity contribution in [2.45, 2.75) is 24.7 Å². The number of halogens is 1. The van der Waals surface area contributed by atoms with Crippen LogP contribution in [0.2, 0.25) is 0 Å². The van der Waals surface area contributed by atoms with Gasteiger partial charge in [-0.05, 0) is 24.3 Å². The van der Waals surface area contributed by atoms with E-state index >= 15 is 0 Å². The summed E-state index contributed by atoms with van der Waals surface area (Å²) in [5, 5.41) is 12.2. The molecule has 1 heterocycles. The highest BCUT2D eigenvalue weighted by molar-refractivity contribution is 5.94. The molecule has 0 bridgehead atoms. The Balaban J connectivity index is 2.01. The number of hydrogen-bond donors (Lipinski definition) is 2. The first-order valence-electron chi connectivity index (χ1n) is 7.62. The highest BCUT2D eigenvalue weighted by Gasteiger charge is 2.29. The molecule has 24 heavy (non-hydrogen) atoms. The SMILES string of the molecule is CN(C)C(=O)C[C@H]1C=C[C@@H](NC(=O)c2ccc(F)cc2)[C@@H](CO)O1. The Labute approximate surface area is 139 Å². The molecule has 0 saturated carbocycles. The molecule has 2 amide bonds. The average molecular weight is 336 g/mol. The Kier molecular flexibility index (Phi) is 6.05. The number of ether oxygens (including phenoxy) is 1. The zero-order chi connectivity index (χ0) is 17.7. The summed E-state index contributed by atoms with van der Waals surface area (Å²) in [6.07, 6.45) is 2.47. The van der Waals surface area contributed by atoms with Crippen LogP contribution in [-0.4, -0.2) is 60.8 Å². The second-order valence-corrected chi connectivity index (χ2v) is 5.78. The summed E-state index contributed by atoms with van der Waals surface area (Å²) in [7, 11) is 3.31. The molecular weight excluding hydrogens is 315 g/mol. The molecule has 2 rings (SSSR count). The topological polar surface area (TPSA) is 78.9 Å². The van der Waals surface area contributed by atoms with Crippen LogP contribution in [0.5, 0.6) is 0 Å². The van der Waals surface area contributed by atoms with Crippen molar-refractivity contribution < 1.29 is 23.8 Å². The fraction of sp³-hybridized carbons (Fsp3) is 0.412. The first-order valence-corrected chi connectivity index (χ1v) is 7.62. The molecule has 0 aromatic heterocycles. The summed E-state index contributed by atoms with van der Waals surface area (Å²) in [4.78, 5) is 25.4. The van der Waals surface area contributed by atoms with Gasteiger partial charge in [0, 0.05) is 19.7 Å². The molecule has 0 radical (unpaired) electrons. The van der Waals surface area contributed by atoms with E-state index in [1.165, 1.54) is 29.2 Å². The van der Waals surface area contributed by atoms with Crippen molar-refractivity contribution in [1.29, 1.82) is 0 Å². The van der Waals surface area contributed by atoms with E-state index in [-0.39, 0.29) is 18.9 Å². The lowest BCUT2D eigenvalue weighted by Crippen LogP contribution is -2.49. The normalized spacial score (nSPS) is 22.9. The van der Waals surface area contributed by atoms with Gasteiger partial charge in [-0.15, -0.1) is 0 Å². The lowest BCUT2D eigenvalue weighted by Gasteiger charge is -2.32. The third kappa shape index (κ3) is 4.62. The van der Waals surface area contributed by atoms with Gasteiger partial charge in [-0.2, -0.15) is 0 Å². The second-order valence-electron chi connectivity index (χ2n) is 5.78. The summed E-state index contributed by atoms with van der Waals surface area (Å²) < 4.78 is 18.6. The number of carbonyl (C=O) groups is 2. The van der Waals surface area contributed by atoms with Crippen molar-refractivity contribution in [2.24, 2.45) is 0 Å². The van der Waals surface area contributed by atoms with Gasteiger partial charge in [-0.1, -0.05) is 12.2 Å². The van der Waals surface area contributed by atoms with Crippen LogP contribution in [0.25, 0.3) is 0 Å². The van der Waals surface area contributed by atoms with E-state index in [4.69, 9.17) is 4.74 Å². The summed E-state index contributed by atoms with van der Waals surface area (Å²) in [5.41, 5.74) is 0.311. The molecule has 1 aromatic carbocycles. The number of aliphatic hydroxyl groups excluding tert-OH is 1. The molecular formula is C17H21FN2O4. The number of carbonyl (C=O) groups excluding carboxylic acids is 2. The smallest absolute Gasteiger partial charge is 0.251 e. The summed E-state index contributed by atoms with van der Waals surface area (Å²) >= 11 is 0. The molecule has 7 heteroatoms. The summed E-state index contributed by atoms with van der Waals surface area (Å²) in [6, 6.07) is 4.64. The summed E-state index contributed by atoms with van der Waals surface area (Å²) in [6.45, 7) is -0.300. The van der Waals surface area contributed by atoms with Crippen molar-refractivity contribution in [2.75, 3.05) is 20.7 Å². The van der Waals surface area contributed by atoms with Gasteiger partial charge in [0.25, 0.3) is 5.91 Å². The van der Waals surface area contributed by atoms with Gasteiger partial charge in [-0.3, -0.25) is 9.59 Å². The van der Waals surface area contributed by atoms with Crippen LogP contribution in [0, 0.1) is 5.82 Å². The molecule has 0 aliphatic carbocycles. The molecule has 0 saturated heterocycles. The fourth-order valence-electron chi connectivity index (χ4n) is 2.33. The standard InChI is InChI=1S/C17H21FN2O4/c1-20(2)16(22)9-13-7-8-14(15(10-21)24-13)19-17(23)11-3-5-12(18)6-4-11/h3-8,13-15,21H,9-10H2,1-2H3,(H,19,23)/t13-,14-,15-/m1/s1. The third-order valence-electron chi connectivity index (χ3n) is 3.74. The summed E-state index contributed by atoms with van der Waals surface area (Å²) in [5.74, 6) is -0.904. The van der Waals surface area contributed by atoms with Crippen LogP contribution in [0.4, 0.5) is 4.39 Å². The highest BCUT2D eigenvalue weighted by Crippen LogP contribution is 2.17. The van der Waals surface area contributed by atoms with Crippen molar-refractivity contribution in [3.05, 3.63) is 47.8 Å². The first kappa shape index (κ1) is 18.1. The monoisotopic (exact) mass is 336 g/mol. The molecule has 3 atom stereocenters. The number of nitrogens with zero attached hydrogens (tertiary/aromatic N) is 1. The van der Waals surface area contributed by atoms with E-state index in [1.807, 2.05) is 0 Å². The van der Waals surface area contributed by atoms with E-state index in [0.29, 0.717) is 5.56 Å². The molecule has 2 N–H and O–H groups in total. The van der Waals surface area contributed by atoms with Gasteiger partial charge < -0.3 is 20.1 Å². The lowest BCUT2D eigenvalue weighted by atomic mass is 10.0. The molecule has 1 aromatic rings. The molecule has 130 valence electrons. The van der Waals surface area contributed by atoms with Gasteiger partial charge in [-0.25, -0.2) is 4.39 Å². The number of hydrogen-bond acceptors (Lipinski definition) is 4. The van der Waals surface area contributed by atoms with Gasteiger partial charge >= 0.3 is 0 Å². The predicted octanol–water partition coefficient (Wildman–Crippen LogP) is 0.718. The van der Waals surface area contributed by atoms with E-state index in [0.717, 1.165) is 0 Å². The minimum absolute atomic E-state index is 0.0878. The Morgan fingerprint density at radius 1 is 1.25 bits per heavy atom. The zero-order valence-corrected chi connectivity index (χ0v) is 13.6. The molecule has 0 fully saturated rings. The molecule has 0 spiro atoms. The average Bonchev–Trinajstić information content (AvgIpc) is 2.56. The van der Waals surface area contributed by atoms with Gasteiger partial charge in [0.15, 0.2) is 0 Å². The Morgan fingerprint density at radius 2 is 1.92 bits per heavy atom. The second kappa shape index (κ2) is 8.03. The maximum Gasteiger partial charge on any atom is 0.251 e. The van der Waals surface area contributed by atoms with Crippen LogP contribution >= 0.6 is 0 Å². The Bertz CT molecular complexity index is 616. The fourth-order valence-corrected chi connectivity index (χ4v) is 2.33. The van der Waals surface area contributed by atoms with Crippen LogP contribution in [0.1, 0.15) is 16.8 Å². The first-order chi connectivity index (χ1) is 11.4. The quantitative estimate of drug-likeness (QED) is 0.777. The Morgan fingerprint density at radius 3 is 2.50 bits per heavy atom. The largest absolute Gasteiger partial charge is 0.394 e.